The lowest BCUT2D eigenvalue weighted by Gasteiger charge is -2.29. The molecule has 0 bridgehead atoms. The molecule has 0 amide bonds. The molecular weight excluding hydrogens is 443 g/mol. The summed E-state index contributed by atoms with van der Waals surface area (Å²) in [4.78, 5) is 7.17. The van der Waals surface area contributed by atoms with Gasteiger partial charge in [-0.25, -0.2) is 0 Å². The third kappa shape index (κ3) is 5.64. The van der Waals surface area contributed by atoms with Gasteiger partial charge in [0.15, 0.2) is 17.5 Å². The lowest BCUT2D eigenvalue weighted by Crippen LogP contribution is -2.39. The first-order chi connectivity index (χ1) is 12.2. The van der Waals surface area contributed by atoms with Crippen molar-refractivity contribution in [2.45, 2.75) is 38.8 Å². The Morgan fingerprint density at radius 3 is 2.50 bits per heavy atom. The Labute approximate surface area is 173 Å². The van der Waals surface area contributed by atoms with Crippen LogP contribution < -0.4 is 20.1 Å². The van der Waals surface area contributed by atoms with Crippen LogP contribution in [0.15, 0.2) is 17.1 Å². The third-order valence-electron chi connectivity index (χ3n) is 4.75. The highest BCUT2D eigenvalue weighted by Gasteiger charge is 2.22. The number of methoxy groups -OCH3 is 2. The maximum absolute atomic E-state index is 5.44. The zero-order valence-corrected chi connectivity index (χ0v) is 18.3. The average molecular weight is 474 g/mol. The molecule has 0 radical (unpaired) electrons. The Morgan fingerprint density at radius 2 is 1.88 bits per heavy atom. The number of aliphatic imine (C=N–C) groups is 1. The van der Waals surface area contributed by atoms with Gasteiger partial charge in [-0.15, -0.1) is 24.0 Å². The minimum Gasteiger partial charge on any atom is -0.493 e. The van der Waals surface area contributed by atoms with E-state index >= 15 is 0 Å². The minimum atomic E-state index is 0. The standard InChI is InChI=1S/C19H30N4O2.HI/c1-4-20-19(22-16-5-6-16)21-8-10-23-9-7-14-11-17(24-2)18(25-3)12-15(14)13-23;/h11-12,16H,4-10,13H2,1-3H3,(H2,20,21,22);1H. The summed E-state index contributed by atoms with van der Waals surface area (Å²) in [6.45, 7) is 6.78. The molecule has 1 heterocycles. The van der Waals surface area contributed by atoms with Crippen molar-refractivity contribution in [3.8, 4) is 11.5 Å². The third-order valence-corrected chi connectivity index (χ3v) is 4.75. The van der Waals surface area contributed by atoms with Crippen molar-refractivity contribution in [2.75, 3.05) is 40.4 Å². The predicted molar refractivity (Wildman–Crippen MR) is 116 cm³/mol. The summed E-state index contributed by atoms with van der Waals surface area (Å²) in [5.41, 5.74) is 2.69. The van der Waals surface area contributed by atoms with Gasteiger partial charge < -0.3 is 20.1 Å². The second-order valence-corrected chi connectivity index (χ2v) is 6.68. The van der Waals surface area contributed by atoms with E-state index in [1.807, 2.05) is 0 Å². The number of guanidine groups is 1. The van der Waals surface area contributed by atoms with Gasteiger partial charge in [-0.1, -0.05) is 0 Å². The number of halogens is 1. The first-order valence-corrected chi connectivity index (χ1v) is 9.24. The maximum atomic E-state index is 5.44. The summed E-state index contributed by atoms with van der Waals surface area (Å²) in [7, 11) is 3.38. The van der Waals surface area contributed by atoms with Gasteiger partial charge in [0.05, 0.1) is 20.8 Å². The van der Waals surface area contributed by atoms with E-state index in [4.69, 9.17) is 14.5 Å². The average Bonchev–Trinajstić information content (AvgIpc) is 3.44. The van der Waals surface area contributed by atoms with Crippen molar-refractivity contribution in [1.29, 1.82) is 0 Å². The summed E-state index contributed by atoms with van der Waals surface area (Å²) in [6.07, 6.45) is 3.57. The number of hydrogen-bond acceptors (Lipinski definition) is 4. The van der Waals surface area contributed by atoms with Gasteiger partial charge in [0.25, 0.3) is 0 Å². The smallest absolute Gasteiger partial charge is 0.191 e. The molecule has 3 rings (SSSR count). The van der Waals surface area contributed by atoms with Crippen LogP contribution in [0.25, 0.3) is 0 Å². The van der Waals surface area contributed by atoms with Crippen molar-refractivity contribution in [1.82, 2.24) is 15.5 Å². The molecule has 0 spiro atoms. The van der Waals surface area contributed by atoms with Crippen LogP contribution in [-0.2, 0) is 13.0 Å². The highest BCUT2D eigenvalue weighted by atomic mass is 127. The molecule has 0 aromatic heterocycles. The molecule has 6 nitrogen and oxygen atoms in total. The Morgan fingerprint density at radius 1 is 1.19 bits per heavy atom. The molecule has 0 unspecified atom stereocenters. The van der Waals surface area contributed by atoms with Gasteiger partial charge in [-0.3, -0.25) is 9.89 Å². The van der Waals surface area contributed by atoms with Crippen LogP contribution >= 0.6 is 24.0 Å². The Kier molecular flexibility index (Phi) is 8.27. The molecule has 7 heteroatoms. The number of hydrogen-bond donors (Lipinski definition) is 2. The minimum absolute atomic E-state index is 0. The largest absolute Gasteiger partial charge is 0.493 e. The number of ether oxygens (including phenoxy) is 2. The van der Waals surface area contributed by atoms with Gasteiger partial charge in [0, 0.05) is 32.2 Å². The normalized spacial score (nSPS) is 17.1. The lowest BCUT2D eigenvalue weighted by atomic mass is 9.99. The van der Waals surface area contributed by atoms with Crippen molar-refractivity contribution < 1.29 is 9.47 Å². The van der Waals surface area contributed by atoms with E-state index in [0.717, 1.165) is 56.6 Å². The van der Waals surface area contributed by atoms with Crippen LogP contribution in [0.1, 0.15) is 30.9 Å². The van der Waals surface area contributed by atoms with E-state index in [-0.39, 0.29) is 24.0 Å². The monoisotopic (exact) mass is 474 g/mol. The molecule has 1 saturated carbocycles. The van der Waals surface area contributed by atoms with E-state index in [1.165, 1.54) is 24.0 Å². The molecule has 1 aliphatic carbocycles. The zero-order valence-electron chi connectivity index (χ0n) is 16.0. The first-order valence-electron chi connectivity index (χ1n) is 9.24. The second-order valence-electron chi connectivity index (χ2n) is 6.68. The first kappa shape index (κ1) is 21.1. The molecule has 2 aliphatic rings. The van der Waals surface area contributed by atoms with Crippen LogP contribution in [0.5, 0.6) is 11.5 Å². The van der Waals surface area contributed by atoms with Gasteiger partial charge >= 0.3 is 0 Å². The number of fused-ring (bicyclic) bond motifs is 1. The number of nitrogens with one attached hydrogen (secondary N) is 2. The lowest BCUT2D eigenvalue weighted by molar-refractivity contribution is 0.260. The predicted octanol–water partition coefficient (Wildman–Crippen LogP) is 2.40. The van der Waals surface area contributed by atoms with Crippen LogP contribution in [0.3, 0.4) is 0 Å². The SMILES string of the molecule is CCNC(=NCCN1CCc2cc(OC)c(OC)cc2C1)NC1CC1.I. The summed E-state index contributed by atoms with van der Waals surface area (Å²) in [6, 6.07) is 4.86. The zero-order chi connectivity index (χ0) is 17.6. The molecule has 1 aromatic carbocycles. The molecule has 0 saturated heterocycles. The second kappa shape index (κ2) is 10.2. The van der Waals surface area contributed by atoms with Gasteiger partial charge in [0.2, 0.25) is 0 Å². The number of benzene rings is 1. The Hall–Kier alpha value is -1.22. The molecule has 26 heavy (non-hydrogen) atoms. The number of nitrogens with zero attached hydrogens (tertiary/aromatic N) is 2. The van der Waals surface area contributed by atoms with Crippen LogP contribution in [0.4, 0.5) is 0 Å². The van der Waals surface area contributed by atoms with Gasteiger partial charge in [-0.05, 0) is 49.4 Å². The summed E-state index contributed by atoms with van der Waals surface area (Å²) >= 11 is 0. The summed E-state index contributed by atoms with van der Waals surface area (Å²) in [5, 5.41) is 6.79. The van der Waals surface area contributed by atoms with Crippen LogP contribution in [0.2, 0.25) is 0 Å². The highest BCUT2D eigenvalue weighted by molar-refractivity contribution is 14.0. The van der Waals surface area contributed by atoms with Crippen molar-refractivity contribution in [3.05, 3.63) is 23.3 Å². The summed E-state index contributed by atoms with van der Waals surface area (Å²) < 4.78 is 10.8. The topological polar surface area (TPSA) is 58.1 Å². The van der Waals surface area contributed by atoms with Crippen molar-refractivity contribution >= 4 is 29.9 Å². The molecule has 0 atom stereocenters. The fourth-order valence-electron chi connectivity index (χ4n) is 3.18. The fraction of sp³-hybridized carbons (Fsp3) is 0.632. The Bertz CT molecular complexity index is 620. The summed E-state index contributed by atoms with van der Waals surface area (Å²) in [5.74, 6) is 2.58. The molecule has 146 valence electrons. The van der Waals surface area contributed by atoms with Gasteiger partial charge in [-0.2, -0.15) is 0 Å². The van der Waals surface area contributed by atoms with E-state index in [0.29, 0.717) is 6.04 Å². The van der Waals surface area contributed by atoms with E-state index in [2.05, 4.69) is 34.6 Å². The van der Waals surface area contributed by atoms with E-state index < -0.39 is 0 Å². The quantitative estimate of drug-likeness (QED) is 0.361. The number of rotatable bonds is 7. The van der Waals surface area contributed by atoms with Crippen LogP contribution in [-0.4, -0.2) is 57.3 Å². The van der Waals surface area contributed by atoms with Crippen LogP contribution in [0, 0.1) is 0 Å². The molecular formula is C19H31IN4O2. The fourth-order valence-corrected chi connectivity index (χ4v) is 3.18. The van der Waals surface area contributed by atoms with E-state index in [9.17, 15) is 0 Å². The van der Waals surface area contributed by atoms with E-state index in [1.54, 1.807) is 14.2 Å². The molecule has 1 aliphatic heterocycles. The highest BCUT2D eigenvalue weighted by Crippen LogP contribution is 2.33. The maximum Gasteiger partial charge on any atom is 0.191 e. The van der Waals surface area contributed by atoms with Gasteiger partial charge in [0.1, 0.15) is 0 Å². The van der Waals surface area contributed by atoms with Crippen molar-refractivity contribution in [2.24, 2.45) is 4.99 Å². The molecule has 2 N–H and O–H groups in total. The molecule has 1 aromatic rings. The molecule has 1 fully saturated rings. The Balaban J connectivity index is 0.00000243. The van der Waals surface area contributed by atoms with Crippen molar-refractivity contribution in [3.63, 3.8) is 0 Å².